The molecular weight excluding hydrogens is 228 g/mol. The number of aromatic nitrogens is 2. The van der Waals surface area contributed by atoms with E-state index in [1.165, 1.54) is 24.1 Å². The smallest absolute Gasteiger partial charge is 0.139 e. The van der Waals surface area contributed by atoms with Crippen molar-refractivity contribution in [2.24, 2.45) is 0 Å². The molecule has 1 N–H and O–H groups in total. The Morgan fingerprint density at radius 1 is 1.24 bits per heavy atom. The van der Waals surface area contributed by atoms with Crippen LogP contribution < -0.4 is 0 Å². The van der Waals surface area contributed by atoms with Crippen LogP contribution in [0.3, 0.4) is 0 Å². The Bertz CT molecular complexity index is 594. The molecule has 2 aromatic rings. The average molecular weight is 242 g/mol. The highest BCUT2D eigenvalue weighted by atomic mass is 32.1. The van der Waals surface area contributed by atoms with Gasteiger partial charge in [0.15, 0.2) is 0 Å². The Kier molecular flexibility index (Phi) is 2.56. The number of aromatic amines is 1. The van der Waals surface area contributed by atoms with Gasteiger partial charge in [0.2, 0.25) is 0 Å². The summed E-state index contributed by atoms with van der Waals surface area (Å²) in [5, 5.41) is 0. The van der Waals surface area contributed by atoms with E-state index in [0.717, 1.165) is 11.4 Å². The Labute approximate surface area is 106 Å². The number of hydrogen-bond donors (Lipinski definition) is 1. The minimum Gasteiger partial charge on any atom is -0.343 e. The number of nitrogens with zero attached hydrogens (tertiary/aromatic N) is 1. The summed E-state index contributed by atoms with van der Waals surface area (Å²) in [5.74, 6) is 1.56. The first-order valence-electron chi connectivity index (χ1n) is 5.91. The van der Waals surface area contributed by atoms with Crippen LogP contribution in [0, 0.1) is 11.6 Å². The van der Waals surface area contributed by atoms with E-state index in [9.17, 15) is 0 Å². The lowest BCUT2D eigenvalue weighted by atomic mass is 10.1. The minimum atomic E-state index is 0.670. The van der Waals surface area contributed by atoms with Gasteiger partial charge in [0, 0.05) is 11.3 Å². The number of benzene rings is 1. The van der Waals surface area contributed by atoms with Gasteiger partial charge in [0.25, 0.3) is 0 Å². The van der Waals surface area contributed by atoms with Gasteiger partial charge in [-0.3, -0.25) is 0 Å². The summed E-state index contributed by atoms with van der Waals surface area (Å²) in [7, 11) is 0. The third kappa shape index (κ3) is 2.29. The van der Waals surface area contributed by atoms with Crippen molar-refractivity contribution < 1.29 is 0 Å². The summed E-state index contributed by atoms with van der Waals surface area (Å²) in [4.78, 5) is 7.81. The van der Waals surface area contributed by atoms with Gasteiger partial charge >= 0.3 is 0 Å². The number of hydrogen-bond acceptors (Lipinski definition) is 2. The molecule has 1 aromatic heterocycles. The van der Waals surface area contributed by atoms with Crippen LogP contribution in [-0.2, 0) is 0 Å². The minimum absolute atomic E-state index is 0.670. The van der Waals surface area contributed by atoms with Crippen LogP contribution >= 0.6 is 12.2 Å². The number of nitrogens with one attached hydrogen (secondary N) is 1. The third-order valence-corrected chi connectivity index (χ3v) is 3.32. The zero-order valence-corrected chi connectivity index (χ0v) is 10.6. The molecule has 0 aliphatic heterocycles. The topological polar surface area (TPSA) is 28.7 Å². The first-order chi connectivity index (χ1) is 8.22. The maximum atomic E-state index is 5.23. The lowest BCUT2D eigenvalue weighted by Gasteiger charge is -2.05. The molecule has 0 amide bonds. The maximum Gasteiger partial charge on any atom is 0.139 e. The summed E-state index contributed by atoms with van der Waals surface area (Å²) in [6.45, 7) is 2.08. The molecule has 1 saturated carbocycles. The Hall–Kier alpha value is -1.48. The van der Waals surface area contributed by atoms with Gasteiger partial charge in [-0.1, -0.05) is 42.0 Å². The van der Waals surface area contributed by atoms with Gasteiger partial charge in [-0.05, 0) is 31.7 Å². The second kappa shape index (κ2) is 4.08. The molecule has 2 nitrogen and oxygen atoms in total. The average Bonchev–Trinajstić information content (AvgIpc) is 3.13. The standard InChI is InChI=1S/C14H14N2S/c1-9-2-4-11(5-3-9)14-15-12(10-6-7-10)8-13(17)16-14/h2-5,8,10H,6-7H2,1H3,(H,15,16,17). The van der Waals surface area contributed by atoms with Crippen LogP contribution in [0.1, 0.15) is 30.0 Å². The van der Waals surface area contributed by atoms with Crippen molar-refractivity contribution in [3.05, 3.63) is 46.2 Å². The number of aryl methyl sites for hydroxylation is 1. The zero-order valence-electron chi connectivity index (χ0n) is 9.73. The van der Waals surface area contributed by atoms with Crippen molar-refractivity contribution in [2.75, 3.05) is 0 Å². The SMILES string of the molecule is Cc1ccc(-c2nc(=S)cc(C3CC3)[nH]2)cc1. The Morgan fingerprint density at radius 3 is 2.59 bits per heavy atom. The summed E-state index contributed by atoms with van der Waals surface area (Å²) >= 11 is 5.23. The molecule has 0 saturated heterocycles. The Balaban J connectivity index is 2.07. The molecule has 1 heterocycles. The largest absolute Gasteiger partial charge is 0.343 e. The molecule has 1 aliphatic rings. The fraction of sp³-hybridized carbons (Fsp3) is 0.286. The molecule has 3 rings (SSSR count). The fourth-order valence-electron chi connectivity index (χ4n) is 1.94. The molecule has 17 heavy (non-hydrogen) atoms. The first-order valence-corrected chi connectivity index (χ1v) is 6.31. The van der Waals surface area contributed by atoms with Gasteiger partial charge in [0.1, 0.15) is 10.5 Å². The van der Waals surface area contributed by atoms with Gasteiger partial charge in [-0.25, -0.2) is 4.98 Å². The second-order valence-corrected chi connectivity index (χ2v) is 5.08. The van der Waals surface area contributed by atoms with Crippen LogP contribution in [-0.4, -0.2) is 9.97 Å². The molecule has 0 bridgehead atoms. The Morgan fingerprint density at radius 2 is 1.94 bits per heavy atom. The first kappa shape index (κ1) is 10.7. The maximum absolute atomic E-state index is 5.23. The highest BCUT2D eigenvalue weighted by molar-refractivity contribution is 7.71. The molecule has 86 valence electrons. The lowest BCUT2D eigenvalue weighted by Crippen LogP contribution is -1.94. The van der Waals surface area contributed by atoms with Crippen LogP contribution in [0.5, 0.6) is 0 Å². The molecule has 3 heteroatoms. The summed E-state index contributed by atoms with van der Waals surface area (Å²) in [6.07, 6.45) is 2.53. The van der Waals surface area contributed by atoms with Crippen LogP contribution in [0.2, 0.25) is 0 Å². The van der Waals surface area contributed by atoms with E-state index < -0.39 is 0 Å². The summed E-state index contributed by atoms with van der Waals surface area (Å²) in [6, 6.07) is 10.3. The van der Waals surface area contributed by atoms with Crippen molar-refractivity contribution in [1.82, 2.24) is 9.97 Å². The summed E-state index contributed by atoms with van der Waals surface area (Å²) < 4.78 is 0.682. The van der Waals surface area contributed by atoms with E-state index in [2.05, 4.69) is 41.2 Å². The van der Waals surface area contributed by atoms with Gasteiger partial charge in [-0.15, -0.1) is 0 Å². The fourth-order valence-corrected chi connectivity index (χ4v) is 2.16. The second-order valence-electron chi connectivity index (χ2n) is 4.66. The van der Waals surface area contributed by atoms with Gasteiger partial charge in [-0.2, -0.15) is 0 Å². The molecule has 0 spiro atoms. The number of H-pyrrole nitrogens is 1. The third-order valence-electron chi connectivity index (χ3n) is 3.11. The van der Waals surface area contributed by atoms with E-state index in [1.807, 2.05) is 6.07 Å². The van der Waals surface area contributed by atoms with Crippen LogP contribution in [0.4, 0.5) is 0 Å². The van der Waals surface area contributed by atoms with Crippen molar-refractivity contribution in [2.45, 2.75) is 25.7 Å². The van der Waals surface area contributed by atoms with E-state index in [0.29, 0.717) is 10.6 Å². The highest BCUT2D eigenvalue weighted by Gasteiger charge is 2.24. The molecule has 1 fully saturated rings. The van der Waals surface area contributed by atoms with E-state index in [-0.39, 0.29) is 0 Å². The predicted octanol–water partition coefficient (Wildman–Crippen LogP) is 3.99. The lowest BCUT2D eigenvalue weighted by molar-refractivity contribution is 0.988. The molecule has 0 unspecified atom stereocenters. The normalized spacial score (nSPS) is 14.9. The van der Waals surface area contributed by atoms with Crippen molar-refractivity contribution >= 4 is 12.2 Å². The van der Waals surface area contributed by atoms with E-state index >= 15 is 0 Å². The van der Waals surface area contributed by atoms with Crippen molar-refractivity contribution in [3.8, 4) is 11.4 Å². The van der Waals surface area contributed by atoms with E-state index in [1.54, 1.807) is 0 Å². The molecule has 0 atom stereocenters. The molecule has 1 aliphatic carbocycles. The van der Waals surface area contributed by atoms with Crippen LogP contribution in [0.25, 0.3) is 11.4 Å². The highest BCUT2D eigenvalue weighted by Crippen LogP contribution is 2.39. The zero-order chi connectivity index (χ0) is 11.8. The van der Waals surface area contributed by atoms with Crippen LogP contribution in [0.15, 0.2) is 30.3 Å². The molecule has 1 aromatic carbocycles. The van der Waals surface area contributed by atoms with Crippen molar-refractivity contribution in [3.63, 3.8) is 0 Å². The van der Waals surface area contributed by atoms with Crippen molar-refractivity contribution in [1.29, 1.82) is 0 Å². The quantitative estimate of drug-likeness (QED) is 0.807. The van der Waals surface area contributed by atoms with Gasteiger partial charge < -0.3 is 4.98 Å². The predicted molar refractivity (Wildman–Crippen MR) is 71.6 cm³/mol. The monoisotopic (exact) mass is 242 g/mol. The summed E-state index contributed by atoms with van der Waals surface area (Å²) in [5.41, 5.74) is 3.59. The molecule has 0 radical (unpaired) electrons. The molecular formula is C14H14N2S. The number of rotatable bonds is 2. The van der Waals surface area contributed by atoms with Gasteiger partial charge in [0.05, 0.1) is 0 Å². The van der Waals surface area contributed by atoms with E-state index in [4.69, 9.17) is 12.2 Å².